The molecule has 1 aromatic rings. The molecule has 0 atom stereocenters. The lowest BCUT2D eigenvalue weighted by atomic mass is 10.3. The van der Waals surface area contributed by atoms with Gasteiger partial charge in [-0.15, -0.1) is 0 Å². The summed E-state index contributed by atoms with van der Waals surface area (Å²) in [5, 5.41) is 10.0. The van der Waals surface area contributed by atoms with Crippen molar-refractivity contribution in [3.05, 3.63) is 33.9 Å². The highest BCUT2D eigenvalue weighted by Gasteiger charge is 2.36. The van der Waals surface area contributed by atoms with Crippen LogP contribution >= 0.6 is 0 Å². The number of rotatable bonds is 1. The van der Waals surface area contributed by atoms with Gasteiger partial charge in [-0.05, 0) is 0 Å². The molecule has 0 aliphatic rings. The minimum atomic E-state index is -4.95. The Morgan fingerprint density at radius 2 is 2.00 bits per heavy atom. The topological polar surface area (TPSA) is 56.0 Å². The molecular formula is C6H2F4N2O2. The van der Waals surface area contributed by atoms with E-state index in [0.29, 0.717) is 6.20 Å². The molecule has 1 heterocycles. The SMILES string of the molecule is O=[N+]([O-])c1cnc(C(F)(F)F)c(F)c1. The molecule has 0 fully saturated rings. The van der Waals surface area contributed by atoms with Crippen LogP contribution in [0.15, 0.2) is 12.3 Å². The Bertz CT molecular complexity index is 377. The first kappa shape index (κ1) is 10.4. The molecule has 0 aromatic carbocycles. The lowest BCUT2D eigenvalue weighted by molar-refractivity contribution is -0.385. The predicted molar refractivity (Wildman–Crippen MR) is 35.9 cm³/mol. The van der Waals surface area contributed by atoms with E-state index < -0.39 is 28.3 Å². The van der Waals surface area contributed by atoms with Gasteiger partial charge in [-0.3, -0.25) is 10.1 Å². The van der Waals surface area contributed by atoms with Gasteiger partial charge in [0.15, 0.2) is 11.5 Å². The molecule has 1 aromatic heterocycles. The highest BCUT2D eigenvalue weighted by molar-refractivity contribution is 5.29. The number of nitro groups is 1. The summed E-state index contributed by atoms with van der Waals surface area (Å²) in [6, 6.07) is 0.176. The van der Waals surface area contributed by atoms with Gasteiger partial charge < -0.3 is 0 Å². The zero-order valence-electron chi connectivity index (χ0n) is 6.38. The van der Waals surface area contributed by atoms with E-state index in [1.807, 2.05) is 0 Å². The van der Waals surface area contributed by atoms with E-state index in [2.05, 4.69) is 4.98 Å². The molecule has 0 amide bonds. The first-order valence-corrected chi connectivity index (χ1v) is 3.19. The fraction of sp³-hybridized carbons (Fsp3) is 0.167. The van der Waals surface area contributed by atoms with Crippen LogP contribution in [-0.4, -0.2) is 9.91 Å². The smallest absolute Gasteiger partial charge is 0.258 e. The van der Waals surface area contributed by atoms with Gasteiger partial charge in [-0.2, -0.15) is 13.2 Å². The van der Waals surface area contributed by atoms with Gasteiger partial charge in [0.05, 0.1) is 11.0 Å². The third-order valence-corrected chi connectivity index (χ3v) is 1.31. The Morgan fingerprint density at radius 3 is 2.36 bits per heavy atom. The minimum absolute atomic E-state index is 0.176. The number of aromatic nitrogens is 1. The first-order chi connectivity index (χ1) is 6.32. The van der Waals surface area contributed by atoms with Gasteiger partial charge in [-0.25, -0.2) is 9.37 Å². The molecule has 0 saturated heterocycles. The van der Waals surface area contributed by atoms with Crippen LogP contribution < -0.4 is 0 Å². The fourth-order valence-corrected chi connectivity index (χ4v) is 0.736. The van der Waals surface area contributed by atoms with Crippen LogP contribution in [0.5, 0.6) is 0 Å². The van der Waals surface area contributed by atoms with E-state index >= 15 is 0 Å². The molecule has 0 saturated carbocycles. The second kappa shape index (κ2) is 3.20. The molecule has 8 heteroatoms. The van der Waals surface area contributed by atoms with Gasteiger partial charge in [0.25, 0.3) is 5.69 Å². The Hall–Kier alpha value is -1.73. The fourth-order valence-electron chi connectivity index (χ4n) is 0.736. The van der Waals surface area contributed by atoms with Crippen LogP contribution in [0.25, 0.3) is 0 Å². The predicted octanol–water partition coefficient (Wildman–Crippen LogP) is 2.15. The summed E-state index contributed by atoms with van der Waals surface area (Å²) < 4.78 is 48.3. The minimum Gasteiger partial charge on any atom is -0.258 e. The average molecular weight is 210 g/mol. The summed E-state index contributed by atoms with van der Waals surface area (Å²) in [7, 11) is 0. The molecule has 0 N–H and O–H groups in total. The molecular weight excluding hydrogens is 208 g/mol. The molecule has 0 unspecified atom stereocenters. The Labute approximate surface area is 74.3 Å². The Kier molecular flexibility index (Phi) is 2.37. The highest BCUT2D eigenvalue weighted by Crippen LogP contribution is 2.30. The van der Waals surface area contributed by atoms with E-state index in [0.717, 1.165) is 0 Å². The monoisotopic (exact) mass is 210 g/mol. The van der Waals surface area contributed by atoms with Crippen LogP contribution in [-0.2, 0) is 6.18 Å². The molecule has 0 aliphatic heterocycles. The van der Waals surface area contributed by atoms with Crippen molar-refractivity contribution in [3.63, 3.8) is 0 Å². The third-order valence-electron chi connectivity index (χ3n) is 1.31. The van der Waals surface area contributed by atoms with Crippen molar-refractivity contribution in [2.75, 3.05) is 0 Å². The van der Waals surface area contributed by atoms with Crippen molar-refractivity contribution in [1.29, 1.82) is 0 Å². The number of nitrogens with zero attached hydrogens (tertiary/aromatic N) is 2. The van der Waals surface area contributed by atoms with Gasteiger partial charge >= 0.3 is 6.18 Å². The average Bonchev–Trinajstić information content (AvgIpc) is 2.01. The number of alkyl halides is 3. The lowest BCUT2D eigenvalue weighted by Crippen LogP contribution is -2.11. The van der Waals surface area contributed by atoms with E-state index in [1.165, 1.54) is 0 Å². The van der Waals surface area contributed by atoms with Gasteiger partial charge in [0, 0.05) is 0 Å². The maximum absolute atomic E-state index is 12.6. The second-order valence-electron chi connectivity index (χ2n) is 2.28. The van der Waals surface area contributed by atoms with E-state index in [1.54, 1.807) is 0 Å². The quantitative estimate of drug-likeness (QED) is 0.405. The van der Waals surface area contributed by atoms with Crippen molar-refractivity contribution >= 4 is 5.69 Å². The first-order valence-electron chi connectivity index (χ1n) is 3.19. The van der Waals surface area contributed by atoms with Gasteiger partial charge in [-0.1, -0.05) is 0 Å². The maximum atomic E-state index is 12.6. The summed E-state index contributed by atoms with van der Waals surface area (Å²) in [4.78, 5) is 11.6. The highest BCUT2D eigenvalue weighted by atomic mass is 19.4. The molecule has 14 heavy (non-hydrogen) atoms. The lowest BCUT2D eigenvalue weighted by Gasteiger charge is -2.05. The van der Waals surface area contributed by atoms with Crippen LogP contribution in [0.2, 0.25) is 0 Å². The molecule has 1 rings (SSSR count). The summed E-state index contributed by atoms with van der Waals surface area (Å²) >= 11 is 0. The molecule has 0 spiro atoms. The second-order valence-corrected chi connectivity index (χ2v) is 2.28. The normalized spacial score (nSPS) is 11.4. The molecule has 76 valence electrons. The Morgan fingerprint density at radius 1 is 1.43 bits per heavy atom. The third kappa shape index (κ3) is 1.95. The molecule has 0 aliphatic carbocycles. The Balaban J connectivity index is 3.21. The number of hydrogen-bond acceptors (Lipinski definition) is 3. The summed E-state index contributed by atoms with van der Waals surface area (Å²) in [5.74, 6) is -1.76. The summed E-state index contributed by atoms with van der Waals surface area (Å²) in [6.45, 7) is 0. The molecule has 4 nitrogen and oxygen atoms in total. The number of pyridine rings is 1. The van der Waals surface area contributed by atoms with Crippen LogP contribution in [0.3, 0.4) is 0 Å². The van der Waals surface area contributed by atoms with Crippen molar-refractivity contribution in [1.82, 2.24) is 4.98 Å². The largest absolute Gasteiger partial charge is 0.436 e. The van der Waals surface area contributed by atoms with Crippen molar-refractivity contribution < 1.29 is 22.5 Å². The zero-order valence-corrected chi connectivity index (χ0v) is 6.38. The van der Waals surface area contributed by atoms with Crippen molar-refractivity contribution in [3.8, 4) is 0 Å². The zero-order chi connectivity index (χ0) is 10.9. The van der Waals surface area contributed by atoms with Gasteiger partial charge in [0.1, 0.15) is 6.20 Å². The molecule has 0 bridgehead atoms. The van der Waals surface area contributed by atoms with Gasteiger partial charge in [0.2, 0.25) is 0 Å². The number of halogens is 4. The maximum Gasteiger partial charge on any atom is 0.436 e. The van der Waals surface area contributed by atoms with E-state index in [-0.39, 0.29) is 6.07 Å². The van der Waals surface area contributed by atoms with Crippen LogP contribution in [0, 0.1) is 15.9 Å². The summed E-state index contributed by atoms with van der Waals surface area (Å²) in [5.41, 5.74) is -2.58. The van der Waals surface area contributed by atoms with E-state index in [9.17, 15) is 27.7 Å². The molecule has 0 radical (unpaired) electrons. The van der Waals surface area contributed by atoms with E-state index in [4.69, 9.17) is 0 Å². The van der Waals surface area contributed by atoms with Crippen LogP contribution in [0.4, 0.5) is 23.2 Å². The number of hydrogen-bond donors (Lipinski definition) is 0. The van der Waals surface area contributed by atoms with Crippen LogP contribution in [0.1, 0.15) is 5.69 Å². The van der Waals surface area contributed by atoms with Crippen molar-refractivity contribution in [2.45, 2.75) is 6.18 Å². The summed E-state index contributed by atoms with van der Waals surface area (Å²) in [6.07, 6.45) is -4.59. The standard InChI is InChI=1S/C6H2F4N2O2/c7-4-1-3(12(13)14)2-11-5(4)6(8,9)10/h1-2H. The van der Waals surface area contributed by atoms with Crippen molar-refractivity contribution in [2.24, 2.45) is 0 Å².